The molecule has 1 aromatic heterocycles. The molecule has 0 fully saturated rings. The van der Waals surface area contributed by atoms with Gasteiger partial charge in [0, 0.05) is 5.56 Å². The fourth-order valence-electron chi connectivity index (χ4n) is 4.29. The third kappa shape index (κ3) is 4.30. The van der Waals surface area contributed by atoms with Crippen LogP contribution < -0.4 is 29.1 Å². The third-order valence-corrected chi connectivity index (χ3v) is 6.78. The largest absolute Gasteiger partial charge is 0.490 e. The number of thiazole rings is 1. The van der Waals surface area contributed by atoms with Gasteiger partial charge < -0.3 is 18.9 Å². The first-order chi connectivity index (χ1) is 17.4. The minimum absolute atomic E-state index is 0.0124. The Labute approximate surface area is 211 Å². The highest BCUT2D eigenvalue weighted by Crippen LogP contribution is 2.38. The molecule has 0 N–H and O–H groups in total. The average Bonchev–Trinajstić information content (AvgIpc) is 3.43. The molecular formula is C27H26N2O6S. The van der Waals surface area contributed by atoms with Gasteiger partial charge in [-0.2, -0.15) is 0 Å². The number of aromatic nitrogens is 1. The van der Waals surface area contributed by atoms with E-state index in [1.807, 2.05) is 50.3 Å². The predicted molar refractivity (Wildman–Crippen MR) is 135 cm³/mol. The Morgan fingerprint density at radius 2 is 2.00 bits per heavy atom. The molecule has 186 valence electrons. The highest BCUT2D eigenvalue weighted by molar-refractivity contribution is 7.07. The minimum atomic E-state index is -0.723. The van der Waals surface area contributed by atoms with Crippen LogP contribution in [0.1, 0.15) is 44.9 Å². The van der Waals surface area contributed by atoms with Gasteiger partial charge in [0.05, 0.1) is 34.6 Å². The number of hydrogen-bond donors (Lipinski definition) is 0. The number of benzene rings is 2. The lowest BCUT2D eigenvalue weighted by molar-refractivity contribution is -0.139. The normalized spacial score (nSPS) is 16.7. The summed E-state index contributed by atoms with van der Waals surface area (Å²) in [6.45, 7) is 7.75. The molecule has 3 heterocycles. The zero-order chi connectivity index (χ0) is 25.4. The van der Waals surface area contributed by atoms with E-state index >= 15 is 0 Å². The van der Waals surface area contributed by atoms with Gasteiger partial charge in [-0.1, -0.05) is 35.6 Å². The van der Waals surface area contributed by atoms with Gasteiger partial charge >= 0.3 is 5.97 Å². The molecule has 0 unspecified atom stereocenters. The maximum Gasteiger partial charge on any atom is 0.338 e. The summed E-state index contributed by atoms with van der Waals surface area (Å²) in [5.41, 5.74) is 2.06. The van der Waals surface area contributed by atoms with E-state index in [-0.39, 0.29) is 25.1 Å². The summed E-state index contributed by atoms with van der Waals surface area (Å²) >= 11 is 1.27. The van der Waals surface area contributed by atoms with Crippen molar-refractivity contribution in [2.75, 3.05) is 13.4 Å². The summed E-state index contributed by atoms with van der Waals surface area (Å²) in [7, 11) is 0. The van der Waals surface area contributed by atoms with Crippen molar-refractivity contribution in [2.45, 2.75) is 39.8 Å². The van der Waals surface area contributed by atoms with Crippen molar-refractivity contribution >= 4 is 23.4 Å². The van der Waals surface area contributed by atoms with Crippen molar-refractivity contribution < 1.29 is 23.7 Å². The van der Waals surface area contributed by atoms with E-state index in [9.17, 15) is 9.59 Å². The van der Waals surface area contributed by atoms with Crippen molar-refractivity contribution in [1.82, 2.24) is 4.57 Å². The van der Waals surface area contributed by atoms with Crippen LogP contribution >= 0.6 is 11.3 Å². The van der Waals surface area contributed by atoms with Gasteiger partial charge in [-0.3, -0.25) is 9.36 Å². The Morgan fingerprint density at radius 1 is 1.22 bits per heavy atom. The SMILES string of the molecule is CCOC(=O)C1=C(C)N=c2s/c(=C\c3ccccc3OC(C)C)c(=O)n2[C@@H]1c1ccc2c(c1)OCO2. The summed E-state index contributed by atoms with van der Waals surface area (Å²) in [6.07, 6.45) is 1.79. The van der Waals surface area contributed by atoms with Crippen LogP contribution in [0.25, 0.3) is 6.08 Å². The van der Waals surface area contributed by atoms with E-state index in [1.165, 1.54) is 11.3 Å². The maximum atomic E-state index is 13.8. The second-order valence-corrected chi connectivity index (χ2v) is 9.63. The van der Waals surface area contributed by atoms with Crippen LogP contribution in [-0.2, 0) is 9.53 Å². The van der Waals surface area contributed by atoms with Gasteiger partial charge in [-0.25, -0.2) is 9.79 Å². The zero-order valence-corrected chi connectivity index (χ0v) is 21.3. The number of fused-ring (bicyclic) bond motifs is 2. The Hall–Kier alpha value is -3.85. The van der Waals surface area contributed by atoms with Crippen LogP contribution in [0.15, 0.2) is 63.5 Å². The predicted octanol–water partition coefficient (Wildman–Crippen LogP) is 3.31. The Morgan fingerprint density at radius 3 is 2.78 bits per heavy atom. The van der Waals surface area contributed by atoms with Crippen LogP contribution in [0, 0.1) is 0 Å². The van der Waals surface area contributed by atoms with Crippen LogP contribution in [0.3, 0.4) is 0 Å². The molecule has 2 aliphatic rings. The van der Waals surface area contributed by atoms with Gasteiger partial charge in [0.15, 0.2) is 16.3 Å². The summed E-state index contributed by atoms with van der Waals surface area (Å²) < 4.78 is 24.3. The fraction of sp³-hybridized carbons (Fsp3) is 0.296. The topological polar surface area (TPSA) is 88.4 Å². The van der Waals surface area contributed by atoms with Gasteiger partial charge in [0.25, 0.3) is 5.56 Å². The first-order valence-corrected chi connectivity index (χ1v) is 12.5. The molecule has 2 aliphatic heterocycles. The summed E-state index contributed by atoms with van der Waals surface area (Å²) in [6, 6.07) is 12.3. The van der Waals surface area contributed by atoms with Gasteiger partial charge in [-0.05, 0) is 57.5 Å². The zero-order valence-electron chi connectivity index (χ0n) is 20.4. The molecule has 1 atom stereocenters. The van der Waals surface area contributed by atoms with Crippen LogP contribution in [-0.4, -0.2) is 30.0 Å². The minimum Gasteiger partial charge on any atom is -0.490 e. The highest BCUT2D eigenvalue weighted by atomic mass is 32.1. The van der Waals surface area contributed by atoms with Gasteiger partial charge in [0.1, 0.15) is 5.75 Å². The highest BCUT2D eigenvalue weighted by Gasteiger charge is 2.34. The molecule has 8 nitrogen and oxygen atoms in total. The first kappa shape index (κ1) is 23.9. The number of nitrogens with zero attached hydrogens (tertiary/aromatic N) is 2. The maximum absolute atomic E-state index is 13.8. The van der Waals surface area contributed by atoms with E-state index in [1.54, 1.807) is 30.5 Å². The standard InChI is InChI=1S/C27H26N2O6S/c1-5-32-26(31)23-16(4)28-27-29(24(23)18-10-11-20-21(12-18)34-14-33-20)25(30)22(36-27)13-17-8-6-7-9-19(17)35-15(2)3/h6-13,15,24H,5,14H2,1-4H3/b22-13-/t24-/m1/s1. The summed E-state index contributed by atoms with van der Waals surface area (Å²) in [5.74, 6) is 1.36. The lowest BCUT2D eigenvalue weighted by Gasteiger charge is -2.24. The van der Waals surface area contributed by atoms with E-state index in [4.69, 9.17) is 18.9 Å². The van der Waals surface area contributed by atoms with Crippen molar-refractivity contribution in [3.8, 4) is 17.2 Å². The van der Waals surface area contributed by atoms with Crippen molar-refractivity contribution in [2.24, 2.45) is 4.99 Å². The molecule has 0 saturated carbocycles. The average molecular weight is 507 g/mol. The summed E-state index contributed by atoms with van der Waals surface area (Å²) in [5, 5.41) is 0. The Kier molecular flexibility index (Phi) is 6.40. The number of carbonyl (C=O) groups is 1. The van der Waals surface area contributed by atoms with Crippen molar-refractivity contribution in [1.29, 1.82) is 0 Å². The van der Waals surface area contributed by atoms with Gasteiger partial charge in [-0.15, -0.1) is 0 Å². The van der Waals surface area contributed by atoms with Crippen molar-refractivity contribution in [3.63, 3.8) is 0 Å². The molecule has 9 heteroatoms. The van der Waals surface area contributed by atoms with E-state index in [2.05, 4.69) is 4.99 Å². The molecule has 0 bridgehead atoms. The number of allylic oxidation sites excluding steroid dienone is 1. The Bertz CT molecular complexity index is 1550. The number of ether oxygens (including phenoxy) is 4. The number of para-hydroxylation sites is 1. The van der Waals surface area contributed by atoms with Crippen LogP contribution in [0.5, 0.6) is 17.2 Å². The molecule has 0 spiro atoms. The van der Waals surface area contributed by atoms with Crippen LogP contribution in [0.4, 0.5) is 0 Å². The Balaban J connectivity index is 1.71. The lowest BCUT2D eigenvalue weighted by Crippen LogP contribution is -2.39. The first-order valence-electron chi connectivity index (χ1n) is 11.7. The molecule has 0 aliphatic carbocycles. The lowest BCUT2D eigenvalue weighted by atomic mass is 9.95. The second kappa shape index (κ2) is 9.66. The molecule has 2 aromatic carbocycles. The second-order valence-electron chi connectivity index (χ2n) is 8.62. The molecule has 5 rings (SSSR count). The number of rotatable bonds is 6. The van der Waals surface area contributed by atoms with Crippen LogP contribution in [0.2, 0.25) is 0 Å². The third-order valence-electron chi connectivity index (χ3n) is 5.80. The number of hydrogen-bond acceptors (Lipinski definition) is 8. The molecule has 0 saturated heterocycles. The van der Waals surface area contributed by atoms with E-state index in [0.29, 0.717) is 43.4 Å². The summed E-state index contributed by atoms with van der Waals surface area (Å²) in [4.78, 5) is 32.0. The molecule has 36 heavy (non-hydrogen) atoms. The van der Waals surface area contributed by atoms with E-state index in [0.717, 1.165) is 5.56 Å². The smallest absolute Gasteiger partial charge is 0.338 e. The number of carbonyl (C=O) groups excluding carboxylic acids is 1. The van der Waals surface area contributed by atoms with Crippen molar-refractivity contribution in [3.05, 3.63) is 84.5 Å². The monoisotopic (exact) mass is 506 g/mol. The van der Waals surface area contributed by atoms with E-state index < -0.39 is 12.0 Å². The van der Waals surface area contributed by atoms with Gasteiger partial charge in [0.2, 0.25) is 6.79 Å². The number of esters is 1. The molecule has 3 aromatic rings. The fourth-order valence-corrected chi connectivity index (χ4v) is 5.33. The molecule has 0 amide bonds. The molecular weight excluding hydrogens is 480 g/mol. The quantitative estimate of drug-likeness (QED) is 0.477. The molecule has 0 radical (unpaired) electrons.